The van der Waals surface area contributed by atoms with Crippen molar-refractivity contribution in [2.75, 3.05) is 0 Å². The number of aliphatic hydroxyl groups excluding tert-OH is 1. The highest BCUT2D eigenvalue weighted by molar-refractivity contribution is 9.10. The summed E-state index contributed by atoms with van der Waals surface area (Å²) in [4.78, 5) is 12.0. The van der Waals surface area contributed by atoms with E-state index in [9.17, 15) is 9.90 Å². The Morgan fingerprint density at radius 1 is 1.00 bits per heavy atom. The molecular formula is C21H17BrN2O2. The van der Waals surface area contributed by atoms with Crippen molar-refractivity contribution in [3.63, 3.8) is 0 Å². The van der Waals surface area contributed by atoms with Gasteiger partial charge in [0.2, 0.25) is 5.91 Å². The molecule has 1 heterocycles. The van der Waals surface area contributed by atoms with Crippen LogP contribution < -0.4 is 5.73 Å². The summed E-state index contributed by atoms with van der Waals surface area (Å²) in [5.74, 6) is -0.440. The molecule has 26 heavy (non-hydrogen) atoms. The largest absolute Gasteiger partial charge is 0.392 e. The summed E-state index contributed by atoms with van der Waals surface area (Å²) in [6.07, 6.45) is 0. The smallest absolute Gasteiger partial charge is 0.249 e. The molecule has 4 nitrogen and oxygen atoms in total. The van der Waals surface area contributed by atoms with Crippen LogP contribution >= 0.6 is 15.9 Å². The summed E-state index contributed by atoms with van der Waals surface area (Å²) in [6, 6.07) is 19.6. The molecule has 0 aliphatic heterocycles. The van der Waals surface area contributed by atoms with Gasteiger partial charge in [0.1, 0.15) is 0 Å². The lowest BCUT2D eigenvalue weighted by Gasteiger charge is -2.09. The number of carbonyl (C=O) groups excluding carboxylic acids is 1. The molecule has 5 heteroatoms. The van der Waals surface area contributed by atoms with Crippen LogP contribution in [0.4, 0.5) is 0 Å². The zero-order chi connectivity index (χ0) is 18.3. The summed E-state index contributed by atoms with van der Waals surface area (Å²) in [7, 11) is 0. The Hall–Kier alpha value is -2.63. The number of fused-ring (bicyclic) bond motifs is 3. The number of aliphatic hydroxyl groups is 1. The number of carbonyl (C=O) groups is 1. The summed E-state index contributed by atoms with van der Waals surface area (Å²) in [5.41, 5.74) is 10.0. The van der Waals surface area contributed by atoms with Gasteiger partial charge < -0.3 is 15.4 Å². The van der Waals surface area contributed by atoms with Gasteiger partial charge in [-0.3, -0.25) is 4.79 Å². The van der Waals surface area contributed by atoms with Gasteiger partial charge in [0.05, 0.1) is 12.1 Å². The number of amides is 1. The first kappa shape index (κ1) is 16.8. The minimum absolute atomic E-state index is 0.0293. The zero-order valence-corrected chi connectivity index (χ0v) is 15.5. The molecule has 0 fully saturated rings. The van der Waals surface area contributed by atoms with E-state index in [2.05, 4.69) is 32.6 Å². The second-order valence-electron chi connectivity index (χ2n) is 6.29. The molecule has 0 bridgehead atoms. The van der Waals surface area contributed by atoms with Crippen LogP contribution in [0.25, 0.3) is 21.8 Å². The van der Waals surface area contributed by atoms with Gasteiger partial charge in [-0.05, 0) is 41.5 Å². The first-order valence-electron chi connectivity index (χ1n) is 8.27. The lowest BCUT2D eigenvalue weighted by molar-refractivity contribution is 0.100. The monoisotopic (exact) mass is 408 g/mol. The van der Waals surface area contributed by atoms with Crippen LogP contribution in [0.5, 0.6) is 0 Å². The Morgan fingerprint density at radius 3 is 2.42 bits per heavy atom. The number of hydrogen-bond donors (Lipinski definition) is 2. The van der Waals surface area contributed by atoms with Crippen molar-refractivity contribution in [1.82, 2.24) is 4.57 Å². The third-order valence-electron chi connectivity index (χ3n) is 4.66. The molecule has 4 aromatic rings. The predicted molar refractivity (Wildman–Crippen MR) is 107 cm³/mol. The topological polar surface area (TPSA) is 68.2 Å². The molecule has 0 saturated carbocycles. The van der Waals surface area contributed by atoms with Gasteiger partial charge in [0, 0.05) is 32.9 Å². The van der Waals surface area contributed by atoms with Crippen LogP contribution in [0, 0.1) is 0 Å². The number of aromatic nitrogens is 1. The van der Waals surface area contributed by atoms with Crippen LogP contribution in [0.2, 0.25) is 0 Å². The molecule has 3 N–H and O–H groups in total. The average Bonchev–Trinajstić information content (AvgIpc) is 2.96. The van der Waals surface area contributed by atoms with Gasteiger partial charge >= 0.3 is 0 Å². The van der Waals surface area contributed by atoms with E-state index < -0.39 is 5.91 Å². The van der Waals surface area contributed by atoms with E-state index in [1.807, 2.05) is 42.5 Å². The van der Waals surface area contributed by atoms with Gasteiger partial charge in [-0.2, -0.15) is 0 Å². The minimum atomic E-state index is -0.440. The van der Waals surface area contributed by atoms with Gasteiger partial charge in [0.15, 0.2) is 0 Å². The van der Waals surface area contributed by atoms with E-state index in [0.29, 0.717) is 12.1 Å². The Bertz CT molecular complexity index is 1130. The fourth-order valence-corrected chi connectivity index (χ4v) is 3.70. The van der Waals surface area contributed by atoms with Gasteiger partial charge in [0.25, 0.3) is 0 Å². The van der Waals surface area contributed by atoms with Crippen molar-refractivity contribution in [2.45, 2.75) is 13.2 Å². The average molecular weight is 409 g/mol. The number of benzene rings is 3. The highest BCUT2D eigenvalue weighted by atomic mass is 79.9. The van der Waals surface area contributed by atoms with Crippen LogP contribution in [0.1, 0.15) is 21.5 Å². The van der Waals surface area contributed by atoms with Crippen molar-refractivity contribution in [3.05, 3.63) is 81.8 Å². The number of rotatable bonds is 4. The molecule has 1 aromatic heterocycles. The van der Waals surface area contributed by atoms with Crippen molar-refractivity contribution in [3.8, 4) is 0 Å². The third-order valence-corrected chi connectivity index (χ3v) is 5.19. The molecule has 0 aliphatic rings. The number of hydrogen-bond acceptors (Lipinski definition) is 2. The van der Waals surface area contributed by atoms with E-state index in [4.69, 9.17) is 5.73 Å². The maximum atomic E-state index is 12.0. The summed E-state index contributed by atoms with van der Waals surface area (Å²) in [6.45, 7) is 0.628. The summed E-state index contributed by atoms with van der Waals surface area (Å²) in [5, 5.41) is 11.4. The zero-order valence-electron chi connectivity index (χ0n) is 13.9. The molecule has 0 unspecified atom stereocenters. The molecule has 0 saturated heterocycles. The fraction of sp³-hybridized carbons (Fsp3) is 0.0952. The number of primary amides is 1. The lowest BCUT2D eigenvalue weighted by Crippen LogP contribution is -2.11. The fourth-order valence-electron chi connectivity index (χ4n) is 3.44. The summed E-state index contributed by atoms with van der Waals surface area (Å²) >= 11 is 3.46. The first-order chi connectivity index (χ1) is 12.6. The normalized spacial score (nSPS) is 11.3. The number of nitrogens with two attached hydrogens (primary N) is 1. The first-order valence-corrected chi connectivity index (χ1v) is 9.06. The molecule has 4 rings (SSSR count). The Kier molecular flexibility index (Phi) is 4.26. The standard InChI is InChI=1S/C21H17BrN2O2/c22-15-7-4-13(5-8-15)11-24-18-3-1-2-17(21(23)26)20(18)16-9-6-14(12-25)10-19(16)24/h1-10,25H,11-12H2,(H2,23,26). The van der Waals surface area contributed by atoms with Gasteiger partial charge in [-0.15, -0.1) is 0 Å². The van der Waals surface area contributed by atoms with E-state index in [0.717, 1.165) is 37.4 Å². The third kappa shape index (κ3) is 2.79. The summed E-state index contributed by atoms with van der Waals surface area (Å²) < 4.78 is 3.20. The highest BCUT2D eigenvalue weighted by Crippen LogP contribution is 2.33. The number of nitrogens with zero attached hydrogens (tertiary/aromatic N) is 1. The molecule has 130 valence electrons. The molecule has 0 atom stereocenters. The Balaban J connectivity index is 2.03. The number of halogens is 1. The molecule has 3 aromatic carbocycles. The van der Waals surface area contributed by atoms with Crippen molar-refractivity contribution in [2.24, 2.45) is 5.73 Å². The van der Waals surface area contributed by atoms with Crippen LogP contribution in [0.15, 0.2) is 65.1 Å². The maximum Gasteiger partial charge on any atom is 0.249 e. The van der Waals surface area contributed by atoms with Crippen molar-refractivity contribution < 1.29 is 9.90 Å². The Morgan fingerprint density at radius 2 is 1.73 bits per heavy atom. The van der Waals surface area contributed by atoms with Crippen molar-refractivity contribution >= 4 is 43.6 Å². The van der Waals surface area contributed by atoms with Crippen LogP contribution in [-0.4, -0.2) is 15.6 Å². The van der Waals surface area contributed by atoms with Gasteiger partial charge in [-0.25, -0.2) is 0 Å². The van der Waals surface area contributed by atoms with Gasteiger partial charge in [-0.1, -0.05) is 46.3 Å². The molecule has 1 amide bonds. The van der Waals surface area contributed by atoms with E-state index >= 15 is 0 Å². The van der Waals surface area contributed by atoms with Crippen LogP contribution in [0.3, 0.4) is 0 Å². The Labute approximate surface area is 159 Å². The van der Waals surface area contributed by atoms with Crippen molar-refractivity contribution in [1.29, 1.82) is 0 Å². The highest BCUT2D eigenvalue weighted by Gasteiger charge is 2.16. The van der Waals surface area contributed by atoms with Crippen LogP contribution in [-0.2, 0) is 13.2 Å². The second kappa shape index (κ2) is 6.59. The van der Waals surface area contributed by atoms with E-state index in [1.165, 1.54) is 0 Å². The van der Waals surface area contributed by atoms with E-state index in [1.54, 1.807) is 6.07 Å². The predicted octanol–water partition coefficient (Wildman–Crippen LogP) is 4.20. The maximum absolute atomic E-state index is 12.0. The molecule has 0 aliphatic carbocycles. The lowest BCUT2D eigenvalue weighted by atomic mass is 10.0. The molecule has 0 radical (unpaired) electrons. The second-order valence-corrected chi connectivity index (χ2v) is 7.20. The molecular weight excluding hydrogens is 392 g/mol. The SMILES string of the molecule is NC(=O)c1cccc2c1c1ccc(CO)cc1n2Cc1ccc(Br)cc1. The minimum Gasteiger partial charge on any atom is -0.392 e. The van der Waals surface area contributed by atoms with E-state index in [-0.39, 0.29) is 6.61 Å². The molecule has 0 spiro atoms. The quantitative estimate of drug-likeness (QED) is 0.531.